The molecule has 190 valence electrons. The molecule has 3 aromatic carbocycles. The summed E-state index contributed by atoms with van der Waals surface area (Å²) in [7, 11) is 0. The molecule has 0 saturated heterocycles. The molecule has 0 spiro atoms. The molecule has 0 heterocycles. The van der Waals surface area contributed by atoms with E-state index in [9.17, 15) is 9.59 Å². The first kappa shape index (κ1) is 28.1. The summed E-state index contributed by atoms with van der Waals surface area (Å²) in [6.45, 7) is 4.95. The lowest BCUT2D eigenvalue weighted by molar-refractivity contribution is -0.139. The van der Waals surface area contributed by atoms with E-state index in [-0.39, 0.29) is 17.6 Å². The van der Waals surface area contributed by atoms with Gasteiger partial charge < -0.3 is 10.2 Å². The van der Waals surface area contributed by atoms with Gasteiger partial charge in [0.05, 0.1) is 5.75 Å². The van der Waals surface area contributed by atoms with Crippen LogP contribution in [0, 0.1) is 5.92 Å². The summed E-state index contributed by atoms with van der Waals surface area (Å²) in [5.41, 5.74) is 2.97. The zero-order valence-corrected chi connectivity index (χ0v) is 23.0. The number of benzene rings is 3. The van der Waals surface area contributed by atoms with Crippen LogP contribution in [0.25, 0.3) is 0 Å². The minimum absolute atomic E-state index is 0.0884. The minimum atomic E-state index is -0.645. The molecule has 0 saturated carbocycles. The Morgan fingerprint density at radius 1 is 0.861 bits per heavy atom. The molecule has 0 aliphatic carbocycles. The smallest absolute Gasteiger partial charge is 0.243 e. The largest absolute Gasteiger partial charge is 0.354 e. The molecule has 1 atom stereocenters. The van der Waals surface area contributed by atoms with E-state index in [1.165, 1.54) is 11.8 Å². The predicted molar refractivity (Wildman–Crippen MR) is 151 cm³/mol. The molecule has 0 radical (unpaired) electrons. The van der Waals surface area contributed by atoms with Crippen LogP contribution in [0.4, 0.5) is 0 Å². The third-order valence-electron chi connectivity index (χ3n) is 5.61. The fourth-order valence-electron chi connectivity index (χ4n) is 3.73. The van der Waals surface area contributed by atoms with Gasteiger partial charge in [-0.05, 0) is 46.9 Å². The monoisotopic (exact) mass is 542 g/mol. The number of carbonyl (C=O) groups is 2. The molecule has 3 aromatic rings. The van der Waals surface area contributed by atoms with E-state index in [1.807, 2.05) is 72.8 Å². The summed E-state index contributed by atoms with van der Waals surface area (Å²) in [6, 6.07) is 24.2. The number of halogens is 2. The number of hydrogen-bond donors (Lipinski definition) is 1. The van der Waals surface area contributed by atoms with Crippen molar-refractivity contribution >= 4 is 46.8 Å². The maximum Gasteiger partial charge on any atom is 0.243 e. The third kappa shape index (κ3) is 9.20. The van der Waals surface area contributed by atoms with Crippen molar-refractivity contribution in [2.24, 2.45) is 5.92 Å². The predicted octanol–water partition coefficient (Wildman–Crippen LogP) is 6.64. The van der Waals surface area contributed by atoms with Gasteiger partial charge in [0, 0.05) is 35.3 Å². The Hall–Kier alpha value is -2.47. The van der Waals surface area contributed by atoms with Crippen molar-refractivity contribution in [2.75, 3.05) is 12.3 Å². The lowest BCUT2D eigenvalue weighted by atomic mass is 10.0. The Morgan fingerprint density at radius 3 is 2.22 bits per heavy atom. The zero-order valence-electron chi connectivity index (χ0n) is 20.6. The summed E-state index contributed by atoms with van der Waals surface area (Å²) in [4.78, 5) is 28.8. The molecule has 1 N–H and O–H groups in total. The molecule has 36 heavy (non-hydrogen) atoms. The van der Waals surface area contributed by atoms with Crippen LogP contribution in [-0.4, -0.2) is 35.1 Å². The summed E-state index contributed by atoms with van der Waals surface area (Å²) in [6.07, 6.45) is 0.429. The molecule has 0 aliphatic heterocycles. The molecule has 0 unspecified atom stereocenters. The topological polar surface area (TPSA) is 49.4 Å². The quantitative estimate of drug-likeness (QED) is 0.279. The highest BCUT2D eigenvalue weighted by Crippen LogP contribution is 2.20. The van der Waals surface area contributed by atoms with Gasteiger partial charge in [-0.15, -0.1) is 11.8 Å². The Labute approximate surface area is 228 Å². The van der Waals surface area contributed by atoms with E-state index in [2.05, 4.69) is 19.2 Å². The fourth-order valence-corrected chi connectivity index (χ4v) is 4.94. The third-order valence-corrected chi connectivity index (χ3v) is 7.08. The van der Waals surface area contributed by atoms with Gasteiger partial charge in [-0.25, -0.2) is 0 Å². The summed E-state index contributed by atoms with van der Waals surface area (Å²) in [5.74, 6) is 1.00. The van der Waals surface area contributed by atoms with E-state index in [4.69, 9.17) is 23.2 Å². The minimum Gasteiger partial charge on any atom is -0.354 e. The highest BCUT2D eigenvalue weighted by molar-refractivity contribution is 7.99. The summed E-state index contributed by atoms with van der Waals surface area (Å²) in [5, 5.41) is 4.33. The van der Waals surface area contributed by atoms with Gasteiger partial charge in [0.25, 0.3) is 0 Å². The van der Waals surface area contributed by atoms with Crippen molar-refractivity contribution in [1.29, 1.82) is 0 Å². The first-order valence-corrected chi connectivity index (χ1v) is 13.9. The number of carbonyl (C=O) groups excluding carboxylic acids is 2. The van der Waals surface area contributed by atoms with Gasteiger partial charge in [0.15, 0.2) is 0 Å². The Bertz CT molecular complexity index is 1120. The standard InChI is InChI=1S/C29H32Cl2N2O2S/c1-21(2)17-32-29(35)27(16-22-7-4-3-5-8-22)33(18-24-9-6-10-26(31)15-24)28(34)20-36-19-23-11-13-25(30)14-12-23/h3-15,21,27H,16-20H2,1-2H3,(H,32,35)/t27-/m0/s1. The molecule has 2 amide bonds. The average molecular weight is 544 g/mol. The van der Waals surface area contributed by atoms with Crippen molar-refractivity contribution in [3.05, 3.63) is 106 Å². The van der Waals surface area contributed by atoms with E-state index < -0.39 is 6.04 Å². The van der Waals surface area contributed by atoms with Crippen LogP contribution in [-0.2, 0) is 28.3 Å². The maximum atomic E-state index is 13.6. The molecular formula is C29H32Cl2N2O2S. The maximum absolute atomic E-state index is 13.6. The van der Waals surface area contributed by atoms with Gasteiger partial charge in [0.1, 0.15) is 6.04 Å². The van der Waals surface area contributed by atoms with Gasteiger partial charge in [-0.2, -0.15) is 0 Å². The Balaban J connectivity index is 1.83. The van der Waals surface area contributed by atoms with E-state index in [0.29, 0.717) is 41.2 Å². The molecule has 3 rings (SSSR count). The molecule has 0 aliphatic rings. The zero-order chi connectivity index (χ0) is 25.9. The summed E-state index contributed by atoms with van der Waals surface area (Å²) >= 11 is 13.7. The van der Waals surface area contributed by atoms with Crippen molar-refractivity contribution in [3.63, 3.8) is 0 Å². The second-order valence-electron chi connectivity index (χ2n) is 9.12. The van der Waals surface area contributed by atoms with Crippen LogP contribution in [0.2, 0.25) is 10.0 Å². The fraction of sp³-hybridized carbons (Fsp3) is 0.310. The van der Waals surface area contributed by atoms with Crippen LogP contribution in [0.3, 0.4) is 0 Å². The molecule has 0 aromatic heterocycles. The van der Waals surface area contributed by atoms with E-state index >= 15 is 0 Å². The van der Waals surface area contributed by atoms with Crippen molar-refractivity contribution < 1.29 is 9.59 Å². The molecule has 0 fully saturated rings. The number of rotatable bonds is 12. The van der Waals surface area contributed by atoms with Crippen molar-refractivity contribution in [2.45, 2.75) is 38.6 Å². The number of amides is 2. The van der Waals surface area contributed by atoms with Gasteiger partial charge in [-0.1, -0.05) is 91.6 Å². The lowest BCUT2D eigenvalue weighted by Gasteiger charge is -2.32. The van der Waals surface area contributed by atoms with E-state index in [1.54, 1.807) is 11.0 Å². The molecule has 0 bridgehead atoms. The second-order valence-corrected chi connectivity index (χ2v) is 11.0. The summed E-state index contributed by atoms with van der Waals surface area (Å²) < 4.78 is 0. The number of thioether (sulfide) groups is 1. The second kappa shape index (κ2) is 14.3. The Morgan fingerprint density at radius 2 is 1.56 bits per heavy atom. The van der Waals surface area contributed by atoms with Crippen LogP contribution in [0.5, 0.6) is 0 Å². The number of nitrogens with one attached hydrogen (secondary N) is 1. The highest BCUT2D eigenvalue weighted by Gasteiger charge is 2.30. The Kier molecular flexibility index (Phi) is 11.2. The first-order valence-electron chi connectivity index (χ1n) is 12.0. The van der Waals surface area contributed by atoms with Gasteiger partial charge >= 0.3 is 0 Å². The number of nitrogens with zero attached hydrogens (tertiary/aromatic N) is 1. The van der Waals surface area contributed by atoms with Gasteiger partial charge in [0.2, 0.25) is 11.8 Å². The van der Waals surface area contributed by atoms with Gasteiger partial charge in [-0.3, -0.25) is 9.59 Å². The van der Waals surface area contributed by atoms with Crippen molar-refractivity contribution in [1.82, 2.24) is 10.2 Å². The SMILES string of the molecule is CC(C)CNC(=O)[C@H](Cc1ccccc1)N(Cc1cccc(Cl)c1)C(=O)CSCc1ccc(Cl)cc1. The highest BCUT2D eigenvalue weighted by atomic mass is 35.5. The van der Waals surface area contributed by atoms with Crippen LogP contribution >= 0.6 is 35.0 Å². The molecule has 7 heteroatoms. The van der Waals surface area contributed by atoms with E-state index in [0.717, 1.165) is 16.7 Å². The normalized spacial score (nSPS) is 11.8. The molecule has 4 nitrogen and oxygen atoms in total. The average Bonchev–Trinajstić information content (AvgIpc) is 2.86. The van der Waals surface area contributed by atoms with Crippen LogP contribution < -0.4 is 5.32 Å². The van der Waals surface area contributed by atoms with Crippen molar-refractivity contribution in [3.8, 4) is 0 Å². The van der Waals surface area contributed by atoms with Crippen LogP contribution in [0.15, 0.2) is 78.9 Å². The lowest BCUT2D eigenvalue weighted by Crippen LogP contribution is -2.51. The van der Waals surface area contributed by atoms with Crippen LogP contribution in [0.1, 0.15) is 30.5 Å². The number of hydrogen-bond acceptors (Lipinski definition) is 3. The first-order chi connectivity index (χ1) is 17.3. The molecular weight excluding hydrogens is 511 g/mol.